The van der Waals surface area contributed by atoms with Gasteiger partial charge < -0.3 is 15.8 Å². The second kappa shape index (κ2) is 10.6. The topological polar surface area (TPSA) is 116 Å². The summed E-state index contributed by atoms with van der Waals surface area (Å²) in [7, 11) is -3.56. The molecule has 0 spiro atoms. The fourth-order valence-electron chi connectivity index (χ4n) is 1.83. The summed E-state index contributed by atoms with van der Waals surface area (Å²) in [5, 5.41) is 2.56. The van der Waals surface area contributed by atoms with Gasteiger partial charge in [0.15, 0.2) is 9.84 Å². The van der Waals surface area contributed by atoms with E-state index in [4.69, 9.17) is 10.5 Å². The van der Waals surface area contributed by atoms with Gasteiger partial charge in [-0.05, 0) is 43.6 Å². The van der Waals surface area contributed by atoms with Gasteiger partial charge in [0.05, 0.1) is 23.1 Å². The zero-order valence-corrected chi connectivity index (χ0v) is 16.7. The van der Waals surface area contributed by atoms with Crippen molar-refractivity contribution in [3.05, 3.63) is 23.8 Å². The molecule has 7 nitrogen and oxygen atoms in total. The quantitative estimate of drug-likeness (QED) is 0.626. The lowest BCUT2D eigenvalue weighted by molar-refractivity contribution is -0.117. The Hall–Kier alpha value is -1.29. The maximum atomic E-state index is 12.1. The van der Waals surface area contributed by atoms with Gasteiger partial charge in [0.1, 0.15) is 0 Å². The van der Waals surface area contributed by atoms with E-state index < -0.39 is 27.8 Å². The first-order valence-corrected chi connectivity index (χ1v) is 10.5. The van der Waals surface area contributed by atoms with Gasteiger partial charge in [-0.1, -0.05) is 0 Å². The summed E-state index contributed by atoms with van der Waals surface area (Å²) in [5.74, 6) is -0.374. The second-order valence-electron chi connectivity index (χ2n) is 5.12. The predicted octanol–water partition coefficient (Wildman–Crippen LogP) is 1.71. The van der Waals surface area contributed by atoms with Crippen LogP contribution in [0.4, 0.5) is 5.69 Å². The number of halogens is 1. The number of hydrogen-bond acceptors (Lipinski definition) is 7. The zero-order valence-electron chi connectivity index (χ0n) is 14.3. The Bertz CT molecular complexity index is 710. The standard InChI is InChI=1S/C15H22N2O5S2.ClH/c1-4-22-15(19)10-7-11(9-12(8-10)24(3,20)21)17-14(18)13(16)5-6-23-2;/h7-9,13H,4-6,16H2,1-3H3,(H,17,18);1H/t13-;/m0./s1. The van der Waals surface area contributed by atoms with Crippen LogP contribution in [0.5, 0.6) is 0 Å². The number of rotatable bonds is 8. The molecule has 1 rings (SSSR count). The van der Waals surface area contributed by atoms with Gasteiger partial charge in [-0.2, -0.15) is 11.8 Å². The van der Waals surface area contributed by atoms with Crippen molar-refractivity contribution < 1.29 is 22.7 Å². The normalized spacial score (nSPS) is 12.0. The summed E-state index contributed by atoms with van der Waals surface area (Å²) in [4.78, 5) is 23.9. The average molecular weight is 411 g/mol. The van der Waals surface area contributed by atoms with E-state index in [0.29, 0.717) is 6.42 Å². The summed E-state index contributed by atoms with van der Waals surface area (Å²) in [6, 6.07) is 3.16. The number of benzene rings is 1. The van der Waals surface area contributed by atoms with Gasteiger partial charge >= 0.3 is 5.97 Å². The molecular formula is C15H23ClN2O5S2. The number of ether oxygens (including phenoxy) is 1. The lowest BCUT2D eigenvalue weighted by atomic mass is 10.1. The van der Waals surface area contributed by atoms with E-state index in [0.717, 1.165) is 12.0 Å². The number of sulfone groups is 1. The number of anilines is 1. The fourth-order valence-corrected chi connectivity index (χ4v) is 3.00. The molecule has 0 aliphatic rings. The molecular weight excluding hydrogens is 388 g/mol. The Morgan fingerprint density at radius 2 is 1.96 bits per heavy atom. The Morgan fingerprint density at radius 3 is 2.48 bits per heavy atom. The summed E-state index contributed by atoms with van der Waals surface area (Å²) < 4.78 is 28.5. The van der Waals surface area contributed by atoms with Gasteiger partial charge in [0, 0.05) is 11.9 Å². The third kappa shape index (κ3) is 7.64. The van der Waals surface area contributed by atoms with Crippen LogP contribution in [0.1, 0.15) is 23.7 Å². The van der Waals surface area contributed by atoms with E-state index in [1.54, 1.807) is 18.7 Å². The molecule has 10 heteroatoms. The molecule has 0 heterocycles. The van der Waals surface area contributed by atoms with E-state index in [2.05, 4.69) is 5.32 Å². The summed E-state index contributed by atoms with van der Waals surface area (Å²) in [6.45, 7) is 1.80. The van der Waals surface area contributed by atoms with Crippen LogP contribution in [0, 0.1) is 0 Å². The minimum atomic E-state index is -3.56. The van der Waals surface area contributed by atoms with E-state index in [9.17, 15) is 18.0 Å². The first kappa shape index (κ1) is 23.7. The number of nitrogens with two attached hydrogens (primary N) is 1. The highest BCUT2D eigenvalue weighted by Gasteiger charge is 2.18. The molecule has 0 saturated heterocycles. The highest BCUT2D eigenvalue weighted by Crippen LogP contribution is 2.20. The monoisotopic (exact) mass is 410 g/mol. The molecule has 142 valence electrons. The lowest BCUT2D eigenvalue weighted by Gasteiger charge is -2.13. The number of carbonyl (C=O) groups is 2. The zero-order chi connectivity index (χ0) is 18.3. The molecule has 0 aliphatic heterocycles. The Morgan fingerprint density at radius 1 is 1.32 bits per heavy atom. The van der Waals surface area contributed by atoms with Crippen molar-refractivity contribution in [2.45, 2.75) is 24.3 Å². The van der Waals surface area contributed by atoms with E-state index in [1.165, 1.54) is 18.2 Å². The van der Waals surface area contributed by atoms with Crippen molar-refractivity contribution in [1.29, 1.82) is 0 Å². The van der Waals surface area contributed by atoms with Crippen LogP contribution in [0.25, 0.3) is 0 Å². The van der Waals surface area contributed by atoms with Crippen LogP contribution in [0.3, 0.4) is 0 Å². The predicted molar refractivity (Wildman–Crippen MR) is 102 cm³/mol. The number of amides is 1. The summed E-state index contributed by atoms with van der Waals surface area (Å²) in [5.41, 5.74) is 6.02. The smallest absolute Gasteiger partial charge is 0.338 e. The van der Waals surface area contributed by atoms with Crippen molar-refractivity contribution in [2.75, 3.05) is 30.2 Å². The molecule has 0 aromatic heterocycles. The van der Waals surface area contributed by atoms with Crippen LogP contribution in [-0.4, -0.2) is 51.2 Å². The van der Waals surface area contributed by atoms with Crippen molar-refractivity contribution in [3.63, 3.8) is 0 Å². The lowest BCUT2D eigenvalue weighted by Crippen LogP contribution is -2.36. The maximum Gasteiger partial charge on any atom is 0.338 e. The average Bonchev–Trinajstić information content (AvgIpc) is 2.51. The third-order valence-corrected chi connectivity index (χ3v) is 4.82. The number of nitrogens with one attached hydrogen (secondary N) is 1. The molecule has 0 aliphatic carbocycles. The molecule has 0 unspecified atom stereocenters. The van der Waals surface area contributed by atoms with Crippen LogP contribution in [-0.2, 0) is 19.4 Å². The Balaban J connectivity index is 0.00000576. The van der Waals surface area contributed by atoms with E-state index in [-0.39, 0.29) is 35.2 Å². The molecule has 1 atom stereocenters. The number of carbonyl (C=O) groups excluding carboxylic acids is 2. The van der Waals surface area contributed by atoms with Crippen LogP contribution >= 0.6 is 24.2 Å². The van der Waals surface area contributed by atoms with Gasteiger partial charge in [-0.3, -0.25) is 4.79 Å². The molecule has 1 aromatic rings. The Labute approximate surface area is 158 Å². The molecule has 25 heavy (non-hydrogen) atoms. The van der Waals surface area contributed by atoms with Crippen LogP contribution in [0.2, 0.25) is 0 Å². The highest BCUT2D eigenvalue weighted by molar-refractivity contribution is 7.98. The molecule has 3 N–H and O–H groups in total. The van der Waals surface area contributed by atoms with E-state index >= 15 is 0 Å². The van der Waals surface area contributed by atoms with Crippen molar-refractivity contribution in [1.82, 2.24) is 0 Å². The number of esters is 1. The first-order valence-electron chi connectivity index (χ1n) is 7.26. The number of thioether (sulfide) groups is 1. The second-order valence-corrected chi connectivity index (χ2v) is 8.12. The molecule has 0 bridgehead atoms. The third-order valence-electron chi connectivity index (χ3n) is 3.08. The molecule has 0 radical (unpaired) electrons. The molecule has 1 aromatic carbocycles. The van der Waals surface area contributed by atoms with Crippen molar-refractivity contribution >= 4 is 51.6 Å². The minimum Gasteiger partial charge on any atom is -0.462 e. The van der Waals surface area contributed by atoms with Crippen molar-refractivity contribution in [2.24, 2.45) is 5.73 Å². The SMILES string of the molecule is CCOC(=O)c1cc(NC(=O)[C@@H](N)CCSC)cc(S(C)(=O)=O)c1.Cl. The van der Waals surface area contributed by atoms with Gasteiger partial charge in [-0.25, -0.2) is 13.2 Å². The van der Waals surface area contributed by atoms with Gasteiger partial charge in [0.25, 0.3) is 0 Å². The summed E-state index contributed by atoms with van der Waals surface area (Å²) in [6.07, 6.45) is 3.42. The molecule has 1 amide bonds. The van der Waals surface area contributed by atoms with Gasteiger partial charge in [0.2, 0.25) is 5.91 Å². The number of hydrogen-bond donors (Lipinski definition) is 2. The molecule has 0 fully saturated rings. The first-order chi connectivity index (χ1) is 11.2. The van der Waals surface area contributed by atoms with Crippen molar-refractivity contribution in [3.8, 4) is 0 Å². The van der Waals surface area contributed by atoms with Crippen LogP contribution in [0.15, 0.2) is 23.1 Å². The molecule has 0 saturated carbocycles. The highest BCUT2D eigenvalue weighted by atomic mass is 35.5. The van der Waals surface area contributed by atoms with Gasteiger partial charge in [-0.15, -0.1) is 12.4 Å². The Kier molecular flexibility index (Phi) is 10.1. The van der Waals surface area contributed by atoms with E-state index in [1.807, 2.05) is 6.26 Å². The maximum absolute atomic E-state index is 12.1. The fraction of sp³-hybridized carbons (Fsp3) is 0.467. The minimum absolute atomic E-state index is 0. The largest absolute Gasteiger partial charge is 0.462 e. The van der Waals surface area contributed by atoms with Crippen LogP contribution < -0.4 is 11.1 Å². The summed E-state index contributed by atoms with van der Waals surface area (Å²) >= 11 is 1.57.